The van der Waals surface area contributed by atoms with E-state index in [1.54, 1.807) is 41.8 Å². The van der Waals surface area contributed by atoms with Crippen LogP contribution in [0.15, 0.2) is 97.1 Å². The monoisotopic (exact) mass is 604 g/mol. The number of amides is 2. The first-order valence-corrected chi connectivity index (χ1v) is 15.4. The van der Waals surface area contributed by atoms with E-state index in [0.717, 1.165) is 5.56 Å². The van der Waals surface area contributed by atoms with Gasteiger partial charge in [-0.05, 0) is 68.3 Å². The molecule has 3 heterocycles. The lowest BCUT2D eigenvalue weighted by Crippen LogP contribution is -2.46. The fraction of sp³-hybridized carbons (Fsp3) is 0.297. The van der Waals surface area contributed by atoms with Gasteiger partial charge in [0.05, 0.1) is 35.2 Å². The molecule has 0 bridgehead atoms. The number of ether oxygens (including phenoxy) is 2. The first-order chi connectivity index (χ1) is 21.6. The summed E-state index contributed by atoms with van der Waals surface area (Å²) in [5, 5.41) is 21.3. The van der Waals surface area contributed by atoms with Gasteiger partial charge in [-0.3, -0.25) is 14.5 Å². The van der Waals surface area contributed by atoms with Gasteiger partial charge in [-0.2, -0.15) is 0 Å². The van der Waals surface area contributed by atoms with Gasteiger partial charge in [0.25, 0.3) is 11.8 Å². The van der Waals surface area contributed by atoms with Gasteiger partial charge in [0.2, 0.25) is 0 Å². The summed E-state index contributed by atoms with van der Waals surface area (Å²) in [6.07, 6.45) is -0.295. The van der Waals surface area contributed by atoms with Crippen molar-refractivity contribution < 1.29 is 29.3 Å². The quantitative estimate of drug-likeness (QED) is 0.267. The summed E-state index contributed by atoms with van der Waals surface area (Å²) < 4.78 is 13.0. The molecule has 0 aliphatic carbocycles. The molecule has 3 aliphatic rings. The normalized spacial score (nSPS) is 23.9. The third-order valence-corrected chi connectivity index (χ3v) is 9.47. The second kappa shape index (κ2) is 10.8. The van der Waals surface area contributed by atoms with Crippen LogP contribution in [0.4, 0.5) is 17.1 Å². The zero-order valence-electron chi connectivity index (χ0n) is 25.5. The summed E-state index contributed by atoms with van der Waals surface area (Å²) in [5.41, 5.74) is 1.20. The Hall–Kier alpha value is -4.50. The van der Waals surface area contributed by atoms with Crippen LogP contribution in [0, 0.1) is 11.8 Å². The molecule has 1 fully saturated rings. The van der Waals surface area contributed by atoms with E-state index in [9.17, 15) is 19.8 Å². The van der Waals surface area contributed by atoms with Gasteiger partial charge in [-0.25, -0.2) is 0 Å². The lowest BCUT2D eigenvalue weighted by Gasteiger charge is -2.34. The Morgan fingerprint density at radius 3 is 2.29 bits per heavy atom. The summed E-state index contributed by atoms with van der Waals surface area (Å²) in [5.74, 6) is -0.384. The molecule has 2 amide bonds. The van der Waals surface area contributed by atoms with Crippen molar-refractivity contribution in [1.82, 2.24) is 0 Å². The molecule has 4 atom stereocenters. The molecule has 4 aromatic rings. The van der Waals surface area contributed by atoms with Gasteiger partial charge >= 0.3 is 0 Å². The van der Waals surface area contributed by atoms with Crippen LogP contribution >= 0.6 is 0 Å². The van der Waals surface area contributed by atoms with Gasteiger partial charge < -0.3 is 24.6 Å². The standard InChI is InChI=1S/C37H36N2O6/c1-23-33(36(2,3)43)32(19-20-40)45-37(23)27-21-25(17-18-28(27)38(35(37)42)22-24-11-5-4-6-12-24)39-29-14-8-10-16-31(29)44-30-15-9-7-13-26(30)34(39)41/h4-18,21,23,32-33,40,43H,19-20,22H2,1-3H3/t23-,32+,33-,37+/m1/s1. The van der Waals surface area contributed by atoms with Crippen LogP contribution in [0.1, 0.15) is 48.7 Å². The number of fused-ring (bicyclic) bond motifs is 4. The predicted octanol–water partition coefficient (Wildman–Crippen LogP) is 6.32. The molecule has 2 N–H and O–H groups in total. The smallest absolute Gasteiger partial charge is 0.266 e. The molecule has 7 rings (SSSR count). The number of nitrogens with zero attached hydrogens (tertiary/aromatic N) is 2. The summed E-state index contributed by atoms with van der Waals surface area (Å²) in [6.45, 7) is 5.58. The van der Waals surface area contributed by atoms with E-state index in [-0.39, 0.29) is 24.8 Å². The molecule has 1 spiro atoms. The zero-order chi connectivity index (χ0) is 31.5. The Labute approximate surface area is 262 Å². The second-order valence-corrected chi connectivity index (χ2v) is 12.7. The van der Waals surface area contributed by atoms with Crippen LogP contribution in [0.2, 0.25) is 0 Å². The van der Waals surface area contributed by atoms with Gasteiger partial charge in [0.15, 0.2) is 11.4 Å². The highest BCUT2D eigenvalue weighted by molar-refractivity contribution is 6.15. The summed E-state index contributed by atoms with van der Waals surface area (Å²) in [7, 11) is 0. The van der Waals surface area contributed by atoms with Crippen molar-refractivity contribution in [3.8, 4) is 11.5 Å². The molecule has 0 aromatic heterocycles. The lowest BCUT2D eigenvalue weighted by molar-refractivity contribution is -0.146. The van der Waals surface area contributed by atoms with Gasteiger partial charge in [0, 0.05) is 29.7 Å². The molecule has 0 saturated carbocycles. The average molecular weight is 605 g/mol. The maximum absolute atomic E-state index is 14.7. The maximum atomic E-state index is 14.7. The predicted molar refractivity (Wildman–Crippen MR) is 171 cm³/mol. The van der Waals surface area contributed by atoms with E-state index in [1.807, 2.05) is 85.8 Å². The molecule has 45 heavy (non-hydrogen) atoms. The number of carbonyl (C=O) groups is 2. The van der Waals surface area contributed by atoms with Crippen molar-refractivity contribution >= 4 is 28.9 Å². The lowest BCUT2D eigenvalue weighted by atomic mass is 9.71. The largest absolute Gasteiger partial charge is 0.454 e. The van der Waals surface area contributed by atoms with Crippen LogP contribution in [-0.4, -0.2) is 40.3 Å². The Morgan fingerprint density at radius 1 is 0.867 bits per heavy atom. The maximum Gasteiger partial charge on any atom is 0.266 e. The minimum atomic E-state index is -1.44. The molecule has 8 heteroatoms. The number of hydrogen-bond donors (Lipinski definition) is 2. The molecular weight excluding hydrogens is 568 g/mol. The third kappa shape index (κ3) is 4.55. The summed E-state index contributed by atoms with van der Waals surface area (Å²) in [6, 6.07) is 29.9. The van der Waals surface area contributed by atoms with Crippen LogP contribution in [-0.2, 0) is 21.7 Å². The van der Waals surface area contributed by atoms with Crippen molar-refractivity contribution in [3.63, 3.8) is 0 Å². The van der Waals surface area contributed by atoms with Gasteiger partial charge in [-0.1, -0.05) is 61.5 Å². The average Bonchev–Trinajstić information content (AvgIpc) is 3.39. The number of anilines is 3. The molecule has 4 aromatic carbocycles. The number of para-hydroxylation sites is 3. The van der Waals surface area contributed by atoms with Crippen molar-refractivity contribution in [2.24, 2.45) is 11.8 Å². The van der Waals surface area contributed by atoms with Crippen LogP contribution in [0.25, 0.3) is 0 Å². The number of aliphatic hydroxyl groups is 2. The minimum absolute atomic E-state index is 0.145. The highest BCUT2D eigenvalue weighted by Crippen LogP contribution is 2.59. The minimum Gasteiger partial charge on any atom is -0.454 e. The topological polar surface area (TPSA) is 99.5 Å². The Bertz CT molecular complexity index is 1780. The SMILES string of the molecule is C[C@@H]1[C@@H](C(C)(C)O)[C@H](CCO)O[C@@]12C(=O)N(Cc1ccccc1)c1ccc(N3C(=O)c4ccccc4Oc4ccccc43)cc12. The van der Waals surface area contributed by atoms with Crippen molar-refractivity contribution in [1.29, 1.82) is 0 Å². The molecule has 0 radical (unpaired) electrons. The molecular formula is C37H36N2O6. The number of rotatable bonds is 6. The van der Waals surface area contributed by atoms with Gasteiger partial charge in [-0.15, -0.1) is 0 Å². The van der Waals surface area contributed by atoms with Crippen molar-refractivity contribution in [2.75, 3.05) is 16.4 Å². The van der Waals surface area contributed by atoms with E-state index in [0.29, 0.717) is 46.2 Å². The highest BCUT2D eigenvalue weighted by Gasteiger charge is 2.65. The van der Waals surface area contributed by atoms with E-state index in [1.165, 1.54) is 0 Å². The zero-order valence-corrected chi connectivity index (χ0v) is 25.5. The first kappa shape index (κ1) is 29.2. The molecule has 8 nitrogen and oxygen atoms in total. The molecule has 3 aliphatic heterocycles. The third-order valence-electron chi connectivity index (χ3n) is 9.47. The van der Waals surface area contributed by atoms with Gasteiger partial charge in [0.1, 0.15) is 5.75 Å². The molecule has 230 valence electrons. The molecule has 0 unspecified atom stereocenters. The van der Waals surface area contributed by atoms with Crippen molar-refractivity contribution in [3.05, 3.63) is 114 Å². The van der Waals surface area contributed by atoms with Crippen LogP contribution in [0.5, 0.6) is 11.5 Å². The Morgan fingerprint density at radius 2 is 1.56 bits per heavy atom. The summed E-state index contributed by atoms with van der Waals surface area (Å²) >= 11 is 0. The van der Waals surface area contributed by atoms with Crippen molar-refractivity contribution in [2.45, 2.75) is 51.0 Å². The van der Waals surface area contributed by atoms with Crippen LogP contribution < -0.4 is 14.5 Å². The fourth-order valence-electron chi connectivity index (χ4n) is 7.59. The second-order valence-electron chi connectivity index (χ2n) is 12.7. The number of aliphatic hydroxyl groups excluding tert-OH is 1. The number of carbonyl (C=O) groups excluding carboxylic acids is 2. The summed E-state index contributed by atoms with van der Waals surface area (Å²) in [4.78, 5) is 32.4. The Kier molecular flexibility index (Phi) is 7.04. The fourth-order valence-corrected chi connectivity index (χ4v) is 7.59. The Balaban J connectivity index is 1.42. The number of hydrogen-bond acceptors (Lipinski definition) is 6. The first-order valence-electron chi connectivity index (χ1n) is 15.4. The van der Waals surface area contributed by atoms with E-state index < -0.39 is 29.1 Å². The van der Waals surface area contributed by atoms with E-state index in [4.69, 9.17) is 9.47 Å². The number of benzene rings is 4. The highest BCUT2D eigenvalue weighted by atomic mass is 16.5. The van der Waals surface area contributed by atoms with E-state index >= 15 is 0 Å². The van der Waals surface area contributed by atoms with Crippen LogP contribution in [0.3, 0.4) is 0 Å². The van der Waals surface area contributed by atoms with E-state index in [2.05, 4.69) is 0 Å². The molecule has 1 saturated heterocycles.